The first-order valence-electron chi connectivity index (χ1n) is 13.1. The van der Waals surface area contributed by atoms with E-state index in [2.05, 4.69) is 24.8 Å². The van der Waals surface area contributed by atoms with Gasteiger partial charge in [0.25, 0.3) is 0 Å². The molecule has 2 fully saturated rings. The van der Waals surface area contributed by atoms with Gasteiger partial charge in [0.15, 0.2) is 10.8 Å². The molecule has 2 unspecified atom stereocenters. The normalized spacial score (nSPS) is 20.1. The number of primary amides is 1. The lowest BCUT2D eigenvalue weighted by Crippen LogP contribution is -2.47. The molecule has 22 heteroatoms. The summed E-state index contributed by atoms with van der Waals surface area (Å²) in [6.07, 6.45) is -4.45. The van der Waals surface area contributed by atoms with E-state index < -0.39 is 35.7 Å². The number of amides is 1. The van der Waals surface area contributed by atoms with Crippen molar-refractivity contribution in [3.63, 3.8) is 0 Å². The lowest BCUT2D eigenvalue weighted by Gasteiger charge is -2.24. The molecule has 1 saturated carbocycles. The van der Waals surface area contributed by atoms with Crippen LogP contribution < -0.4 is 16.4 Å². The maximum atomic E-state index is 11.8. The van der Waals surface area contributed by atoms with E-state index in [4.69, 9.17) is 52.8 Å². The van der Waals surface area contributed by atoms with Crippen molar-refractivity contribution in [2.45, 2.75) is 41.3 Å². The van der Waals surface area contributed by atoms with Gasteiger partial charge >= 0.3 is 24.3 Å². The minimum absolute atomic E-state index is 0.0164. The van der Waals surface area contributed by atoms with E-state index in [9.17, 15) is 31.1 Å². The molecule has 252 valence electrons. The largest absolute Gasteiger partial charge is 0.490 e. The monoisotopic (exact) mass is 709 g/mol. The van der Waals surface area contributed by atoms with Crippen LogP contribution in [0.1, 0.15) is 12.6 Å². The van der Waals surface area contributed by atoms with Crippen LogP contribution in [0.5, 0.6) is 0 Å². The number of fused-ring (bicyclic) bond motifs is 3. The molecule has 0 spiro atoms. The van der Waals surface area contributed by atoms with Crippen LogP contribution in [0.15, 0.2) is 34.7 Å². The van der Waals surface area contributed by atoms with E-state index in [-0.39, 0.29) is 11.8 Å². The van der Waals surface area contributed by atoms with E-state index in [1.165, 1.54) is 11.8 Å². The minimum Gasteiger partial charge on any atom is -0.475 e. The Hall–Kier alpha value is -4.50. The third kappa shape index (κ3) is 7.41. The van der Waals surface area contributed by atoms with Gasteiger partial charge in [-0.1, -0.05) is 18.5 Å². The Labute approximate surface area is 267 Å². The predicted molar refractivity (Wildman–Crippen MR) is 152 cm³/mol. The Morgan fingerprint density at radius 1 is 1.04 bits per heavy atom. The fourth-order valence-electron chi connectivity index (χ4n) is 4.80. The van der Waals surface area contributed by atoms with Crippen LogP contribution in [0.3, 0.4) is 0 Å². The first kappa shape index (κ1) is 35.4. The Morgan fingerprint density at radius 2 is 1.60 bits per heavy atom. The number of piperidine rings is 1. The molecule has 4 aromatic heterocycles. The van der Waals surface area contributed by atoms with E-state index >= 15 is 0 Å². The molecule has 3 atom stereocenters. The number of alkyl halides is 6. The first-order valence-corrected chi connectivity index (χ1v) is 14.2. The zero-order valence-corrected chi connectivity index (χ0v) is 25.2. The fourth-order valence-corrected chi connectivity index (χ4v) is 5.91. The van der Waals surface area contributed by atoms with Crippen LogP contribution in [0, 0.1) is 11.8 Å². The van der Waals surface area contributed by atoms with E-state index in [1.54, 1.807) is 18.6 Å². The predicted octanol–water partition coefficient (Wildman–Crippen LogP) is 3.18. The third-order valence-corrected chi connectivity index (χ3v) is 8.38. The van der Waals surface area contributed by atoms with Crippen LogP contribution in [0.2, 0.25) is 5.02 Å². The summed E-state index contributed by atoms with van der Waals surface area (Å²) in [7, 11) is 0. The van der Waals surface area contributed by atoms with Gasteiger partial charge in [0.05, 0.1) is 10.4 Å². The number of aromatic amines is 1. The number of hydrogen-bond donors (Lipinski definition) is 5. The lowest BCUT2D eigenvalue weighted by atomic mass is 10.1. The number of hydrogen-bond acceptors (Lipinski definition) is 11. The minimum atomic E-state index is -5.08. The van der Waals surface area contributed by atoms with Crippen molar-refractivity contribution >= 4 is 69.2 Å². The maximum absolute atomic E-state index is 11.8. The number of nitrogens with zero attached hydrogens (tertiary/aromatic N) is 6. The summed E-state index contributed by atoms with van der Waals surface area (Å²) < 4.78 is 63.5. The molecule has 2 aliphatic rings. The number of nitrogens with two attached hydrogens (primary N) is 2. The van der Waals surface area contributed by atoms with E-state index in [1.807, 2.05) is 13.0 Å². The number of nitrogens with one attached hydrogen (secondary N) is 1. The van der Waals surface area contributed by atoms with Gasteiger partial charge in [0.2, 0.25) is 5.91 Å². The molecule has 0 radical (unpaired) electrons. The summed E-state index contributed by atoms with van der Waals surface area (Å²) in [6, 6.07) is 1.91. The van der Waals surface area contributed by atoms with E-state index in [0.29, 0.717) is 40.1 Å². The number of aliphatic carboxylic acids is 2. The van der Waals surface area contributed by atoms with Gasteiger partial charge in [-0.15, -0.1) is 0 Å². The van der Waals surface area contributed by atoms with Crippen molar-refractivity contribution < 1.29 is 50.9 Å². The molecule has 6 rings (SSSR count). The Morgan fingerprint density at radius 3 is 2.11 bits per heavy atom. The van der Waals surface area contributed by atoms with Crippen molar-refractivity contribution in [2.24, 2.45) is 23.3 Å². The molecule has 1 aliphatic heterocycles. The molecule has 1 amide bonds. The van der Waals surface area contributed by atoms with Crippen LogP contribution >= 0.6 is 23.4 Å². The summed E-state index contributed by atoms with van der Waals surface area (Å²) >= 11 is 8.09. The second-order valence-electron chi connectivity index (χ2n) is 10.0. The van der Waals surface area contributed by atoms with Gasteiger partial charge in [-0.05, 0) is 24.2 Å². The number of halogens is 7. The second-order valence-corrected chi connectivity index (χ2v) is 11.4. The molecule has 5 heterocycles. The van der Waals surface area contributed by atoms with Crippen molar-refractivity contribution in [1.82, 2.24) is 29.9 Å². The van der Waals surface area contributed by atoms with Gasteiger partial charge in [-0.3, -0.25) is 9.78 Å². The average molecular weight is 710 g/mol. The standard InChI is InChI=1S/C21H20ClN9OS.2C2HF3O2/c1-2-12-15(22)14-17(28-12)29-20(33-9-5-13-16(27-6-9)26-4-3-25-13)30-18(14)31-7-10-11(8-31)21(10,24)19(23)32;2*3-2(4,5)1(6)7/h3-6,10-11H,2,7-8,24H2,1H3,(H2,23,32)(H,28,29,30);2*(H,6,7)/t10-,11?,21?;;/m0../s1. The van der Waals surface area contributed by atoms with Gasteiger partial charge < -0.3 is 31.6 Å². The highest BCUT2D eigenvalue weighted by atomic mass is 35.5. The Balaban J connectivity index is 0.000000301. The van der Waals surface area contributed by atoms with Crippen molar-refractivity contribution in [3.8, 4) is 0 Å². The topological polar surface area (TPSA) is 227 Å². The smallest absolute Gasteiger partial charge is 0.475 e. The van der Waals surface area contributed by atoms with Crippen molar-refractivity contribution in [1.29, 1.82) is 0 Å². The van der Waals surface area contributed by atoms with E-state index in [0.717, 1.165) is 28.2 Å². The first-order chi connectivity index (χ1) is 21.8. The zero-order chi connectivity index (χ0) is 35.1. The molecule has 4 aromatic rings. The summed E-state index contributed by atoms with van der Waals surface area (Å²) in [6.45, 7) is 3.22. The average Bonchev–Trinajstić information content (AvgIpc) is 3.28. The van der Waals surface area contributed by atoms with Gasteiger partial charge in [-0.2, -0.15) is 26.3 Å². The number of pyridine rings is 1. The zero-order valence-electron chi connectivity index (χ0n) is 23.6. The molecule has 0 aromatic carbocycles. The molecule has 0 bridgehead atoms. The highest BCUT2D eigenvalue weighted by molar-refractivity contribution is 7.99. The summed E-state index contributed by atoms with van der Waals surface area (Å²) in [4.78, 5) is 58.4. The van der Waals surface area contributed by atoms with Crippen LogP contribution in [0.25, 0.3) is 22.2 Å². The number of aryl methyl sites for hydroxylation is 1. The SMILES string of the molecule is CCc1[nH]c2nc(Sc3cnc4nccnc4c3)nc(N3CC4[C@H](C3)C4(N)C(N)=O)c2c1Cl.O=C(O)C(F)(F)F.O=C(O)C(F)(F)F. The van der Waals surface area contributed by atoms with Crippen LogP contribution in [0.4, 0.5) is 32.2 Å². The number of carboxylic acid groups (broad SMARTS) is 2. The summed E-state index contributed by atoms with van der Waals surface area (Å²) in [5, 5.41) is 16.2. The molecular formula is C25H22ClF6N9O5S. The molecule has 7 N–H and O–H groups in total. The number of carbonyl (C=O) groups excluding carboxylic acids is 1. The van der Waals surface area contributed by atoms with Gasteiger partial charge in [-0.25, -0.2) is 29.5 Å². The number of carbonyl (C=O) groups is 3. The quantitative estimate of drug-likeness (QED) is 0.148. The number of carboxylic acids is 2. The number of H-pyrrole nitrogens is 1. The van der Waals surface area contributed by atoms with Crippen molar-refractivity contribution in [2.75, 3.05) is 18.0 Å². The fraction of sp³-hybridized carbons (Fsp3) is 0.360. The molecular weight excluding hydrogens is 688 g/mol. The Bertz CT molecular complexity index is 1820. The highest BCUT2D eigenvalue weighted by Gasteiger charge is 2.70. The number of anilines is 1. The lowest BCUT2D eigenvalue weighted by molar-refractivity contribution is -0.193. The third-order valence-electron chi connectivity index (χ3n) is 7.13. The van der Waals surface area contributed by atoms with Crippen LogP contribution in [-0.4, -0.2) is 88.9 Å². The van der Waals surface area contributed by atoms with Gasteiger partial charge in [0, 0.05) is 54.1 Å². The van der Waals surface area contributed by atoms with Gasteiger partial charge in [0.1, 0.15) is 22.5 Å². The Kier molecular flexibility index (Phi) is 9.74. The highest BCUT2D eigenvalue weighted by Crippen LogP contribution is 2.54. The molecule has 14 nitrogen and oxygen atoms in total. The second kappa shape index (κ2) is 13.0. The summed E-state index contributed by atoms with van der Waals surface area (Å²) in [5.74, 6) is -5.19. The number of aromatic nitrogens is 6. The molecule has 1 aliphatic carbocycles. The maximum Gasteiger partial charge on any atom is 0.490 e. The molecule has 1 saturated heterocycles. The molecule has 47 heavy (non-hydrogen) atoms. The van der Waals surface area contributed by atoms with Crippen molar-refractivity contribution in [3.05, 3.63) is 35.4 Å². The van der Waals surface area contributed by atoms with Crippen LogP contribution in [-0.2, 0) is 20.8 Å². The number of rotatable bonds is 5. The summed E-state index contributed by atoms with van der Waals surface area (Å²) in [5.41, 5.74) is 13.7.